The number of amides is 1. The number of nitrogens with zero attached hydrogens (tertiary/aromatic N) is 2. The molecule has 0 saturated carbocycles. The number of nitrogens with one attached hydrogen (secondary N) is 1. The molecule has 1 aliphatic heterocycles. The van der Waals surface area contributed by atoms with Crippen molar-refractivity contribution in [3.63, 3.8) is 0 Å². The molecule has 5 nitrogen and oxygen atoms in total. The van der Waals surface area contributed by atoms with Crippen molar-refractivity contribution < 1.29 is 9.53 Å². The number of ether oxygens (including phenoxy) is 1. The Balaban J connectivity index is 1.47. The van der Waals surface area contributed by atoms with Crippen LogP contribution in [0, 0.1) is 0 Å². The van der Waals surface area contributed by atoms with Gasteiger partial charge in [-0.05, 0) is 18.2 Å². The molecule has 1 aromatic heterocycles. The fraction of sp³-hybridized carbons (Fsp3) is 0.238. The molecular weight excluding hydrogens is 394 g/mol. The van der Waals surface area contributed by atoms with Gasteiger partial charge in [-0.1, -0.05) is 41.9 Å². The van der Waals surface area contributed by atoms with Gasteiger partial charge in [0.05, 0.1) is 36.7 Å². The van der Waals surface area contributed by atoms with E-state index in [1.165, 1.54) is 0 Å². The molecule has 0 aliphatic carbocycles. The minimum atomic E-state index is -0.110. The number of thiazole rings is 1. The van der Waals surface area contributed by atoms with Crippen molar-refractivity contribution in [2.75, 3.05) is 36.5 Å². The van der Waals surface area contributed by atoms with Gasteiger partial charge in [-0.15, -0.1) is 11.3 Å². The summed E-state index contributed by atoms with van der Waals surface area (Å²) in [5.74, 6) is -0.110. The van der Waals surface area contributed by atoms with E-state index in [0.717, 1.165) is 40.7 Å². The summed E-state index contributed by atoms with van der Waals surface area (Å²) >= 11 is 7.71. The van der Waals surface area contributed by atoms with E-state index in [0.29, 0.717) is 18.2 Å². The van der Waals surface area contributed by atoms with Gasteiger partial charge in [-0.3, -0.25) is 4.79 Å². The van der Waals surface area contributed by atoms with Crippen LogP contribution in [0.15, 0.2) is 53.9 Å². The van der Waals surface area contributed by atoms with Crippen LogP contribution in [0.25, 0.3) is 10.6 Å². The van der Waals surface area contributed by atoms with E-state index in [9.17, 15) is 4.79 Å². The highest BCUT2D eigenvalue weighted by atomic mass is 35.5. The van der Waals surface area contributed by atoms with Crippen LogP contribution in [-0.4, -0.2) is 37.2 Å². The van der Waals surface area contributed by atoms with Gasteiger partial charge < -0.3 is 15.0 Å². The second-order valence-corrected chi connectivity index (χ2v) is 7.79. The molecule has 1 fully saturated rings. The maximum absolute atomic E-state index is 12.6. The number of rotatable bonds is 5. The smallest absolute Gasteiger partial charge is 0.230 e. The summed E-state index contributed by atoms with van der Waals surface area (Å²) in [6.07, 6.45) is 0.221. The predicted molar refractivity (Wildman–Crippen MR) is 114 cm³/mol. The van der Waals surface area contributed by atoms with E-state index in [2.05, 4.69) is 15.2 Å². The summed E-state index contributed by atoms with van der Waals surface area (Å²) < 4.78 is 5.42. The minimum Gasteiger partial charge on any atom is -0.378 e. The van der Waals surface area contributed by atoms with Gasteiger partial charge in [0.25, 0.3) is 0 Å². The molecule has 4 rings (SSSR count). The van der Waals surface area contributed by atoms with Crippen molar-refractivity contribution in [1.29, 1.82) is 0 Å². The van der Waals surface area contributed by atoms with Crippen LogP contribution in [0.4, 0.5) is 11.4 Å². The fourth-order valence-corrected chi connectivity index (χ4v) is 4.15. The Morgan fingerprint density at radius 1 is 1.18 bits per heavy atom. The first-order valence-electron chi connectivity index (χ1n) is 9.11. The highest BCUT2D eigenvalue weighted by Gasteiger charge is 2.17. The second-order valence-electron chi connectivity index (χ2n) is 6.50. The van der Waals surface area contributed by atoms with E-state index in [4.69, 9.17) is 16.3 Å². The molecule has 0 radical (unpaired) electrons. The first-order valence-corrected chi connectivity index (χ1v) is 10.4. The third-order valence-corrected chi connectivity index (χ3v) is 5.67. The lowest BCUT2D eigenvalue weighted by Gasteiger charge is -2.30. The van der Waals surface area contributed by atoms with Gasteiger partial charge in [0.1, 0.15) is 5.01 Å². The van der Waals surface area contributed by atoms with E-state index in [1.54, 1.807) is 17.4 Å². The van der Waals surface area contributed by atoms with Crippen molar-refractivity contribution in [1.82, 2.24) is 4.98 Å². The number of anilines is 2. The summed E-state index contributed by atoms with van der Waals surface area (Å²) in [6.45, 7) is 2.93. The summed E-state index contributed by atoms with van der Waals surface area (Å²) in [5, 5.41) is 6.45. The Morgan fingerprint density at radius 3 is 2.75 bits per heavy atom. The molecule has 2 heterocycles. The van der Waals surface area contributed by atoms with Gasteiger partial charge in [0.2, 0.25) is 5.91 Å². The van der Waals surface area contributed by atoms with Crippen LogP contribution < -0.4 is 10.2 Å². The van der Waals surface area contributed by atoms with E-state index >= 15 is 0 Å². The fourth-order valence-electron chi connectivity index (χ4n) is 3.15. The van der Waals surface area contributed by atoms with E-state index < -0.39 is 0 Å². The Labute approximate surface area is 172 Å². The molecule has 3 aromatic rings. The number of benzene rings is 2. The number of hydrogen-bond acceptors (Lipinski definition) is 5. The maximum Gasteiger partial charge on any atom is 0.230 e. The minimum absolute atomic E-state index is 0.110. The molecule has 0 unspecified atom stereocenters. The van der Waals surface area contributed by atoms with Crippen molar-refractivity contribution in [2.24, 2.45) is 0 Å². The highest BCUT2D eigenvalue weighted by Crippen LogP contribution is 2.30. The van der Waals surface area contributed by atoms with Crippen LogP contribution in [0.1, 0.15) is 5.69 Å². The van der Waals surface area contributed by atoms with Crippen molar-refractivity contribution in [3.8, 4) is 10.6 Å². The summed E-state index contributed by atoms with van der Waals surface area (Å²) in [6, 6.07) is 15.6. The molecule has 144 valence electrons. The Hall–Kier alpha value is -2.41. The maximum atomic E-state index is 12.6. The standard InChI is InChI=1S/C21H20ClN3O2S/c22-16-6-7-19(25-8-10-27-11-9-25)18(12-16)24-20(26)13-17-14-28-21(23-17)15-4-2-1-3-5-15/h1-7,12,14H,8-11,13H2,(H,24,26). The van der Waals surface area contributed by atoms with Crippen LogP contribution in [0.2, 0.25) is 5.02 Å². The Morgan fingerprint density at radius 2 is 1.96 bits per heavy atom. The molecule has 28 heavy (non-hydrogen) atoms. The highest BCUT2D eigenvalue weighted by molar-refractivity contribution is 7.13. The summed E-state index contributed by atoms with van der Waals surface area (Å²) in [4.78, 5) is 19.4. The average molecular weight is 414 g/mol. The van der Waals surface area contributed by atoms with Gasteiger partial charge in [0, 0.05) is 29.1 Å². The molecular formula is C21H20ClN3O2S. The topological polar surface area (TPSA) is 54.5 Å². The largest absolute Gasteiger partial charge is 0.378 e. The first-order chi connectivity index (χ1) is 13.7. The number of carbonyl (C=O) groups excluding carboxylic acids is 1. The van der Waals surface area contributed by atoms with Crippen LogP contribution >= 0.6 is 22.9 Å². The number of aromatic nitrogens is 1. The number of halogens is 1. The van der Waals surface area contributed by atoms with Crippen LogP contribution in [-0.2, 0) is 16.0 Å². The third kappa shape index (κ3) is 4.52. The summed E-state index contributed by atoms with van der Waals surface area (Å²) in [5.41, 5.74) is 3.50. The lowest BCUT2D eigenvalue weighted by atomic mass is 10.2. The normalized spacial score (nSPS) is 14.1. The Kier molecular flexibility index (Phi) is 5.90. The number of carbonyl (C=O) groups is 1. The van der Waals surface area contributed by atoms with Gasteiger partial charge in [-0.25, -0.2) is 4.98 Å². The molecule has 2 aromatic carbocycles. The van der Waals surface area contributed by atoms with Crippen LogP contribution in [0.5, 0.6) is 0 Å². The van der Waals surface area contributed by atoms with Crippen LogP contribution in [0.3, 0.4) is 0 Å². The van der Waals surface area contributed by atoms with E-state index in [-0.39, 0.29) is 12.3 Å². The Bertz CT molecular complexity index is 955. The number of hydrogen-bond donors (Lipinski definition) is 1. The quantitative estimate of drug-likeness (QED) is 0.670. The lowest BCUT2D eigenvalue weighted by molar-refractivity contribution is -0.115. The monoisotopic (exact) mass is 413 g/mol. The molecule has 1 N–H and O–H groups in total. The lowest BCUT2D eigenvalue weighted by Crippen LogP contribution is -2.36. The summed E-state index contributed by atoms with van der Waals surface area (Å²) in [7, 11) is 0. The molecule has 0 bridgehead atoms. The van der Waals surface area contributed by atoms with Crippen molar-refractivity contribution in [2.45, 2.75) is 6.42 Å². The molecule has 1 saturated heterocycles. The molecule has 7 heteroatoms. The van der Waals surface area contributed by atoms with Gasteiger partial charge in [0.15, 0.2) is 0 Å². The molecule has 1 amide bonds. The SMILES string of the molecule is O=C(Cc1csc(-c2ccccc2)n1)Nc1cc(Cl)ccc1N1CCOCC1. The number of morpholine rings is 1. The first kappa shape index (κ1) is 18.9. The average Bonchev–Trinajstić information content (AvgIpc) is 3.18. The third-order valence-electron chi connectivity index (χ3n) is 4.50. The predicted octanol–water partition coefficient (Wildman–Crippen LogP) is 4.48. The van der Waals surface area contributed by atoms with Gasteiger partial charge >= 0.3 is 0 Å². The molecule has 0 spiro atoms. The zero-order chi connectivity index (χ0) is 19.3. The second kappa shape index (κ2) is 8.73. The van der Waals surface area contributed by atoms with Crippen molar-refractivity contribution in [3.05, 3.63) is 64.6 Å². The molecule has 1 aliphatic rings. The zero-order valence-corrected chi connectivity index (χ0v) is 16.8. The van der Waals surface area contributed by atoms with E-state index in [1.807, 2.05) is 47.8 Å². The van der Waals surface area contributed by atoms with Crippen molar-refractivity contribution >= 4 is 40.2 Å². The molecule has 0 atom stereocenters. The van der Waals surface area contributed by atoms with Gasteiger partial charge in [-0.2, -0.15) is 0 Å². The zero-order valence-electron chi connectivity index (χ0n) is 15.2.